The van der Waals surface area contributed by atoms with E-state index in [4.69, 9.17) is 15.2 Å². The number of carbonyl (C=O) groups is 1. The summed E-state index contributed by atoms with van der Waals surface area (Å²) in [4.78, 5) is 12.3. The van der Waals surface area contributed by atoms with Crippen LogP contribution in [0.5, 0.6) is 11.5 Å². The molecule has 2 aromatic rings. The first-order valence-electron chi connectivity index (χ1n) is 8.22. The number of carbonyl (C=O) groups excluding carboxylic acids is 1. The van der Waals surface area contributed by atoms with Crippen LogP contribution in [0.2, 0.25) is 0 Å². The largest absolute Gasteiger partial charge is 0.457 e. The van der Waals surface area contributed by atoms with Gasteiger partial charge in [0.05, 0.1) is 5.54 Å². The molecule has 3 N–H and O–H groups in total. The van der Waals surface area contributed by atoms with Gasteiger partial charge < -0.3 is 20.5 Å². The van der Waals surface area contributed by atoms with Gasteiger partial charge in [0.2, 0.25) is 5.91 Å². The lowest BCUT2D eigenvalue weighted by Gasteiger charge is -2.31. The Morgan fingerprint density at radius 1 is 1.08 bits per heavy atom. The number of ether oxygens (including phenoxy) is 2. The summed E-state index contributed by atoms with van der Waals surface area (Å²) in [5.74, 6) is 0.747. The van der Waals surface area contributed by atoms with Crippen LogP contribution >= 0.6 is 12.4 Å². The summed E-state index contributed by atoms with van der Waals surface area (Å²) in [6.45, 7) is 1.42. The molecule has 3 rings (SSSR count). The Bertz CT molecular complexity index is 717. The summed E-state index contributed by atoms with van der Waals surface area (Å²) in [7, 11) is 0. The topological polar surface area (TPSA) is 73.6 Å². The predicted molar refractivity (Wildman–Crippen MR) is 99.0 cm³/mol. The molecule has 1 fully saturated rings. The summed E-state index contributed by atoms with van der Waals surface area (Å²) < 4.78 is 23.8. The summed E-state index contributed by atoms with van der Waals surface area (Å²) in [5.41, 5.74) is 6.25. The van der Waals surface area contributed by atoms with Crippen molar-refractivity contribution < 1.29 is 18.7 Å². The first-order chi connectivity index (χ1) is 12.0. The van der Waals surface area contributed by atoms with Crippen molar-refractivity contribution >= 4 is 18.3 Å². The standard InChI is InChI=1S/C19H21FN2O3.ClH/c20-15-3-7-17(8-4-15)25-16-5-1-14(2-6-16)13-22-18(23)19(21)9-11-24-12-10-19;/h1-8H,9-13,21H2,(H,22,23);1H. The Labute approximate surface area is 158 Å². The lowest BCUT2D eigenvalue weighted by molar-refractivity contribution is -0.129. The number of rotatable bonds is 5. The second-order valence-electron chi connectivity index (χ2n) is 6.15. The third kappa shape index (κ3) is 5.17. The fraction of sp³-hybridized carbons (Fsp3) is 0.316. The van der Waals surface area contributed by atoms with E-state index in [1.54, 1.807) is 24.3 Å². The molecule has 1 amide bonds. The van der Waals surface area contributed by atoms with Crippen LogP contribution in [0.15, 0.2) is 48.5 Å². The van der Waals surface area contributed by atoms with Crippen LogP contribution in [0.1, 0.15) is 18.4 Å². The van der Waals surface area contributed by atoms with Crippen molar-refractivity contribution in [3.8, 4) is 11.5 Å². The molecule has 1 heterocycles. The van der Waals surface area contributed by atoms with E-state index in [0.29, 0.717) is 44.1 Å². The Morgan fingerprint density at radius 3 is 2.19 bits per heavy atom. The molecule has 0 radical (unpaired) electrons. The van der Waals surface area contributed by atoms with E-state index in [-0.39, 0.29) is 24.1 Å². The minimum absolute atomic E-state index is 0. The number of nitrogens with one attached hydrogen (secondary N) is 1. The van der Waals surface area contributed by atoms with Crippen molar-refractivity contribution in [3.05, 3.63) is 59.9 Å². The van der Waals surface area contributed by atoms with E-state index in [1.807, 2.05) is 12.1 Å². The summed E-state index contributed by atoms with van der Waals surface area (Å²) in [6, 6.07) is 13.2. The lowest BCUT2D eigenvalue weighted by Crippen LogP contribution is -2.56. The zero-order valence-electron chi connectivity index (χ0n) is 14.2. The van der Waals surface area contributed by atoms with Crippen LogP contribution < -0.4 is 15.8 Å². The van der Waals surface area contributed by atoms with Crippen molar-refractivity contribution in [3.63, 3.8) is 0 Å². The van der Waals surface area contributed by atoms with Gasteiger partial charge in [-0.3, -0.25) is 4.79 Å². The van der Waals surface area contributed by atoms with E-state index in [9.17, 15) is 9.18 Å². The number of nitrogens with two attached hydrogens (primary N) is 1. The maximum atomic E-state index is 12.9. The third-order valence-corrected chi connectivity index (χ3v) is 4.26. The van der Waals surface area contributed by atoms with Crippen molar-refractivity contribution in [2.24, 2.45) is 5.73 Å². The van der Waals surface area contributed by atoms with Crippen molar-refractivity contribution in [2.75, 3.05) is 13.2 Å². The Balaban J connectivity index is 0.00000243. The quantitative estimate of drug-likeness (QED) is 0.835. The molecule has 0 atom stereocenters. The fourth-order valence-corrected chi connectivity index (χ4v) is 2.64. The average molecular weight is 381 g/mol. The van der Waals surface area contributed by atoms with Gasteiger partial charge in [0.25, 0.3) is 0 Å². The predicted octanol–water partition coefficient (Wildman–Crippen LogP) is 3.16. The number of amides is 1. The number of halogens is 2. The fourth-order valence-electron chi connectivity index (χ4n) is 2.64. The van der Waals surface area contributed by atoms with Crippen molar-refractivity contribution in [2.45, 2.75) is 24.9 Å². The molecule has 2 aromatic carbocycles. The van der Waals surface area contributed by atoms with Gasteiger partial charge in [0, 0.05) is 19.8 Å². The minimum atomic E-state index is -0.843. The smallest absolute Gasteiger partial charge is 0.240 e. The highest BCUT2D eigenvalue weighted by Crippen LogP contribution is 2.22. The molecule has 0 spiro atoms. The lowest BCUT2D eigenvalue weighted by atomic mass is 9.90. The van der Waals surface area contributed by atoms with E-state index in [0.717, 1.165) is 5.56 Å². The van der Waals surface area contributed by atoms with Crippen LogP contribution in [0.3, 0.4) is 0 Å². The van der Waals surface area contributed by atoms with E-state index in [1.165, 1.54) is 12.1 Å². The third-order valence-electron chi connectivity index (χ3n) is 4.26. The van der Waals surface area contributed by atoms with E-state index >= 15 is 0 Å². The van der Waals surface area contributed by atoms with Gasteiger partial charge in [0.15, 0.2) is 0 Å². The highest BCUT2D eigenvalue weighted by atomic mass is 35.5. The zero-order valence-corrected chi connectivity index (χ0v) is 15.1. The SMILES string of the molecule is Cl.NC1(C(=O)NCc2ccc(Oc3ccc(F)cc3)cc2)CCOCC1. The molecule has 26 heavy (non-hydrogen) atoms. The summed E-state index contributed by atoms with van der Waals surface area (Å²) >= 11 is 0. The first kappa shape index (κ1) is 20.2. The second kappa shape index (κ2) is 8.98. The molecule has 0 aromatic heterocycles. The normalized spacial score (nSPS) is 15.6. The molecule has 7 heteroatoms. The molecule has 140 valence electrons. The van der Waals surface area contributed by atoms with Gasteiger partial charge in [-0.1, -0.05) is 12.1 Å². The van der Waals surface area contributed by atoms with Crippen LogP contribution in [-0.2, 0) is 16.1 Å². The highest BCUT2D eigenvalue weighted by molar-refractivity contribution is 5.86. The average Bonchev–Trinajstić information content (AvgIpc) is 2.63. The molecule has 0 saturated carbocycles. The minimum Gasteiger partial charge on any atom is -0.457 e. The molecule has 0 aliphatic carbocycles. The monoisotopic (exact) mass is 380 g/mol. The van der Waals surface area contributed by atoms with E-state index < -0.39 is 5.54 Å². The Kier molecular flexibility index (Phi) is 6.97. The number of hydrogen-bond donors (Lipinski definition) is 2. The molecule has 0 unspecified atom stereocenters. The molecule has 5 nitrogen and oxygen atoms in total. The van der Waals surface area contributed by atoms with Crippen LogP contribution in [0.25, 0.3) is 0 Å². The maximum Gasteiger partial charge on any atom is 0.240 e. The molecule has 1 aliphatic heterocycles. The number of benzene rings is 2. The Hall–Kier alpha value is -2.15. The van der Waals surface area contributed by atoms with Crippen LogP contribution in [0, 0.1) is 5.82 Å². The molecule has 1 aliphatic rings. The van der Waals surface area contributed by atoms with Gasteiger partial charge in [-0.15, -0.1) is 12.4 Å². The first-order valence-corrected chi connectivity index (χ1v) is 8.22. The zero-order chi connectivity index (χ0) is 17.7. The summed E-state index contributed by atoms with van der Waals surface area (Å²) in [5, 5.41) is 2.88. The maximum absolute atomic E-state index is 12.9. The Morgan fingerprint density at radius 2 is 1.62 bits per heavy atom. The van der Waals surface area contributed by atoms with Crippen molar-refractivity contribution in [1.29, 1.82) is 0 Å². The van der Waals surface area contributed by atoms with Gasteiger partial charge in [0.1, 0.15) is 17.3 Å². The molecular weight excluding hydrogens is 359 g/mol. The number of hydrogen-bond acceptors (Lipinski definition) is 4. The van der Waals surface area contributed by atoms with Gasteiger partial charge >= 0.3 is 0 Å². The van der Waals surface area contributed by atoms with Gasteiger partial charge in [-0.05, 0) is 54.8 Å². The van der Waals surface area contributed by atoms with Crippen molar-refractivity contribution in [1.82, 2.24) is 5.32 Å². The molecule has 0 bridgehead atoms. The summed E-state index contributed by atoms with van der Waals surface area (Å²) in [6.07, 6.45) is 1.06. The van der Waals surface area contributed by atoms with Gasteiger partial charge in [-0.25, -0.2) is 4.39 Å². The molecule has 1 saturated heterocycles. The van der Waals surface area contributed by atoms with Gasteiger partial charge in [-0.2, -0.15) is 0 Å². The molecular formula is C19H22ClFN2O3. The van der Waals surface area contributed by atoms with Crippen LogP contribution in [0.4, 0.5) is 4.39 Å². The second-order valence-corrected chi connectivity index (χ2v) is 6.15. The highest BCUT2D eigenvalue weighted by Gasteiger charge is 2.35. The van der Waals surface area contributed by atoms with E-state index in [2.05, 4.69) is 5.32 Å². The van der Waals surface area contributed by atoms with Crippen LogP contribution in [-0.4, -0.2) is 24.7 Å².